The SMILES string of the molecule is CC(NC(=O)NCCc1ccc2c(c1)OCCO2)c1nncn1C. The van der Waals surface area contributed by atoms with Gasteiger partial charge in [-0.05, 0) is 31.0 Å². The molecule has 1 aromatic heterocycles. The van der Waals surface area contributed by atoms with E-state index in [0.29, 0.717) is 32.0 Å². The van der Waals surface area contributed by atoms with Crippen LogP contribution in [0.1, 0.15) is 24.4 Å². The van der Waals surface area contributed by atoms with E-state index in [-0.39, 0.29) is 12.1 Å². The molecule has 8 nitrogen and oxygen atoms in total. The molecule has 1 aromatic carbocycles. The second-order valence-corrected chi connectivity index (χ2v) is 5.65. The monoisotopic (exact) mass is 331 g/mol. The molecule has 8 heteroatoms. The summed E-state index contributed by atoms with van der Waals surface area (Å²) in [6.07, 6.45) is 2.32. The summed E-state index contributed by atoms with van der Waals surface area (Å²) in [6.45, 7) is 3.54. The number of benzene rings is 1. The summed E-state index contributed by atoms with van der Waals surface area (Å²) in [7, 11) is 1.84. The van der Waals surface area contributed by atoms with E-state index in [9.17, 15) is 4.79 Å². The van der Waals surface area contributed by atoms with Gasteiger partial charge >= 0.3 is 6.03 Å². The first-order valence-electron chi connectivity index (χ1n) is 7.90. The Kier molecular flexibility index (Phi) is 4.83. The highest BCUT2D eigenvalue weighted by molar-refractivity contribution is 5.74. The molecule has 0 saturated carbocycles. The molecule has 2 heterocycles. The van der Waals surface area contributed by atoms with Gasteiger partial charge in [-0.2, -0.15) is 0 Å². The van der Waals surface area contributed by atoms with Gasteiger partial charge in [0, 0.05) is 13.6 Å². The van der Waals surface area contributed by atoms with Crippen molar-refractivity contribution in [2.45, 2.75) is 19.4 Å². The molecule has 2 N–H and O–H groups in total. The molecule has 0 spiro atoms. The molecular formula is C16H21N5O3. The maximum Gasteiger partial charge on any atom is 0.315 e. The summed E-state index contributed by atoms with van der Waals surface area (Å²) < 4.78 is 12.8. The Morgan fingerprint density at radius 3 is 2.88 bits per heavy atom. The zero-order chi connectivity index (χ0) is 16.9. The number of urea groups is 1. The third kappa shape index (κ3) is 3.76. The second-order valence-electron chi connectivity index (χ2n) is 5.65. The Labute approximate surface area is 140 Å². The summed E-state index contributed by atoms with van der Waals surface area (Å²) in [6, 6.07) is 5.39. The van der Waals surface area contributed by atoms with Crippen molar-refractivity contribution in [3.05, 3.63) is 35.9 Å². The van der Waals surface area contributed by atoms with Crippen LogP contribution in [0.5, 0.6) is 11.5 Å². The van der Waals surface area contributed by atoms with Crippen LogP contribution in [-0.2, 0) is 13.5 Å². The van der Waals surface area contributed by atoms with Crippen LogP contribution in [-0.4, -0.2) is 40.6 Å². The molecule has 1 aliphatic heterocycles. The Bertz CT molecular complexity index is 715. The topological polar surface area (TPSA) is 90.3 Å². The van der Waals surface area contributed by atoms with Gasteiger partial charge < -0.3 is 24.7 Å². The molecule has 2 aromatic rings. The number of ether oxygens (including phenoxy) is 2. The Morgan fingerprint density at radius 1 is 1.33 bits per heavy atom. The summed E-state index contributed by atoms with van der Waals surface area (Å²) >= 11 is 0. The highest BCUT2D eigenvalue weighted by Crippen LogP contribution is 2.30. The molecule has 2 amide bonds. The molecular weight excluding hydrogens is 310 g/mol. The minimum Gasteiger partial charge on any atom is -0.486 e. The smallest absolute Gasteiger partial charge is 0.315 e. The van der Waals surface area contributed by atoms with Crippen molar-refractivity contribution in [1.29, 1.82) is 0 Å². The van der Waals surface area contributed by atoms with E-state index in [1.165, 1.54) is 0 Å². The first-order chi connectivity index (χ1) is 11.6. The fourth-order valence-electron chi connectivity index (χ4n) is 2.56. The molecule has 1 atom stereocenters. The third-order valence-electron chi connectivity index (χ3n) is 3.79. The van der Waals surface area contributed by atoms with Crippen molar-refractivity contribution in [2.24, 2.45) is 7.05 Å². The zero-order valence-electron chi connectivity index (χ0n) is 13.8. The maximum absolute atomic E-state index is 12.0. The molecule has 0 fully saturated rings. The molecule has 0 saturated heterocycles. The molecule has 0 bridgehead atoms. The van der Waals surface area contributed by atoms with Crippen LogP contribution >= 0.6 is 0 Å². The normalized spacial score (nSPS) is 14.1. The fraction of sp³-hybridized carbons (Fsp3) is 0.438. The Balaban J connectivity index is 1.46. The molecule has 3 rings (SSSR count). The minimum absolute atomic E-state index is 0.216. The Hall–Kier alpha value is -2.77. The van der Waals surface area contributed by atoms with Crippen molar-refractivity contribution >= 4 is 6.03 Å². The highest BCUT2D eigenvalue weighted by Gasteiger charge is 2.14. The van der Waals surface area contributed by atoms with Gasteiger partial charge in [0.2, 0.25) is 0 Å². The van der Waals surface area contributed by atoms with E-state index in [2.05, 4.69) is 20.8 Å². The fourth-order valence-corrected chi connectivity index (χ4v) is 2.56. The average Bonchev–Trinajstić information content (AvgIpc) is 3.01. The van der Waals surface area contributed by atoms with Crippen LogP contribution < -0.4 is 20.1 Å². The van der Waals surface area contributed by atoms with E-state index in [1.807, 2.05) is 32.2 Å². The van der Waals surface area contributed by atoms with Gasteiger partial charge in [-0.15, -0.1) is 10.2 Å². The number of carbonyl (C=O) groups is 1. The summed E-state index contributed by atoms with van der Waals surface area (Å²) in [4.78, 5) is 12.0. The standard InChI is InChI=1S/C16H21N5O3/c1-11(15-20-18-10-21(15)2)19-16(22)17-6-5-12-3-4-13-14(9-12)24-8-7-23-13/h3-4,9-11H,5-8H2,1-2H3,(H2,17,19,22). The minimum atomic E-state index is -0.233. The molecule has 0 aliphatic carbocycles. The Morgan fingerprint density at radius 2 is 2.12 bits per heavy atom. The van der Waals surface area contributed by atoms with Crippen LogP contribution in [0, 0.1) is 0 Å². The lowest BCUT2D eigenvalue weighted by Crippen LogP contribution is -2.38. The second kappa shape index (κ2) is 7.20. The van der Waals surface area contributed by atoms with Crippen LogP contribution in [0.15, 0.2) is 24.5 Å². The maximum atomic E-state index is 12.0. The van der Waals surface area contributed by atoms with E-state index in [4.69, 9.17) is 9.47 Å². The largest absolute Gasteiger partial charge is 0.486 e. The number of hydrogen-bond donors (Lipinski definition) is 2. The van der Waals surface area contributed by atoms with E-state index >= 15 is 0 Å². The van der Waals surface area contributed by atoms with Crippen molar-refractivity contribution < 1.29 is 14.3 Å². The number of aromatic nitrogens is 3. The number of fused-ring (bicyclic) bond motifs is 1. The van der Waals surface area contributed by atoms with Gasteiger partial charge in [-0.3, -0.25) is 0 Å². The lowest BCUT2D eigenvalue weighted by atomic mass is 10.1. The first kappa shape index (κ1) is 16.1. The van der Waals surface area contributed by atoms with Gasteiger partial charge in [-0.1, -0.05) is 6.07 Å². The van der Waals surface area contributed by atoms with Crippen molar-refractivity contribution in [3.63, 3.8) is 0 Å². The third-order valence-corrected chi connectivity index (χ3v) is 3.79. The van der Waals surface area contributed by atoms with E-state index in [1.54, 1.807) is 10.9 Å². The zero-order valence-corrected chi connectivity index (χ0v) is 13.8. The highest BCUT2D eigenvalue weighted by atomic mass is 16.6. The summed E-state index contributed by atoms with van der Waals surface area (Å²) in [5.74, 6) is 2.24. The van der Waals surface area contributed by atoms with E-state index < -0.39 is 0 Å². The van der Waals surface area contributed by atoms with Crippen LogP contribution in [0.3, 0.4) is 0 Å². The average molecular weight is 331 g/mol. The predicted molar refractivity (Wildman–Crippen MR) is 87.1 cm³/mol. The van der Waals surface area contributed by atoms with Crippen molar-refractivity contribution in [3.8, 4) is 11.5 Å². The molecule has 128 valence electrons. The number of hydrogen-bond acceptors (Lipinski definition) is 5. The van der Waals surface area contributed by atoms with Gasteiger partial charge in [0.15, 0.2) is 17.3 Å². The quantitative estimate of drug-likeness (QED) is 0.859. The summed E-state index contributed by atoms with van der Waals surface area (Å²) in [5, 5.41) is 13.5. The number of rotatable bonds is 5. The number of carbonyl (C=O) groups excluding carboxylic acids is 1. The van der Waals surface area contributed by atoms with Gasteiger partial charge in [-0.25, -0.2) is 4.79 Å². The molecule has 1 unspecified atom stereocenters. The number of amides is 2. The summed E-state index contributed by atoms with van der Waals surface area (Å²) in [5.41, 5.74) is 1.08. The van der Waals surface area contributed by atoms with Gasteiger partial charge in [0.1, 0.15) is 19.5 Å². The van der Waals surface area contributed by atoms with Gasteiger partial charge in [0.25, 0.3) is 0 Å². The number of nitrogens with zero attached hydrogens (tertiary/aromatic N) is 3. The molecule has 0 radical (unpaired) electrons. The predicted octanol–water partition coefficient (Wildman–Crippen LogP) is 1.19. The lowest BCUT2D eigenvalue weighted by molar-refractivity contribution is 0.171. The first-order valence-corrected chi connectivity index (χ1v) is 7.90. The number of nitrogens with one attached hydrogen (secondary N) is 2. The van der Waals surface area contributed by atoms with Gasteiger partial charge in [0.05, 0.1) is 6.04 Å². The lowest BCUT2D eigenvalue weighted by Gasteiger charge is -2.19. The van der Waals surface area contributed by atoms with Crippen LogP contribution in [0.2, 0.25) is 0 Å². The molecule has 1 aliphatic rings. The number of aryl methyl sites for hydroxylation is 1. The molecule has 24 heavy (non-hydrogen) atoms. The van der Waals surface area contributed by atoms with E-state index in [0.717, 1.165) is 17.1 Å². The van der Waals surface area contributed by atoms with Crippen molar-refractivity contribution in [1.82, 2.24) is 25.4 Å². The van der Waals surface area contributed by atoms with Crippen LogP contribution in [0.4, 0.5) is 4.79 Å². The van der Waals surface area contributed by atoms with Crippen molar-refractivity contribution in [2.75, 3.05) is 19.8 Å². The van der Waals surface area contributed by atoms with Crippen LogP contribution in [0.25, 0.3) is 0 Å².